The summed E-state index contributed by atoms with van der Waals surface area (Å²) in [6.45, 7) is -1.45. The lowest BCUT2D eigenvalue weighted by molar-refractivity contribution is -0.139. The summed E-state index contributed by atoms with van der Waals surface area (Å²) in [5, 5.41) is 68.9. The minimum Gasteiger partial charge on any atom is -0.480 e. The van der Waals surface area contributed by atoms with Gasteiger partial charge in [0.05, 0.1) is 13.2 Å². The molecule has 0 aromatic carbocycles. The van der Waals surface area contributed by atoms with E-state index in [2.05, 4.69) is 0 Å². The summed E-state index contributed by atoms with van der Waals surface area (Å²) in [5.41, 5.74) is 10.4. The molecule has 0 radical (unpaired) electrons. The van der Waals surface area contributed by atoms with Gasteiger partial charge < -0.3 is 52.3 Å². The highest BCUT2D eigenvalue weighted by molar-refractivity contribution is 5.73. The topological polar surface area (TPSA) is 248 Å². The molecule has 150 valence electrons. The van der Waals surface area contributed by atoms with Crippen molar-refractivity contribution in [2.75, 3.05) is 13.2 Å². The predicted octanol–water partition coefficient (Wildman–Crippen LogP) is -4.60. The van der Waals surface area contributed by atoms with E-state index in [4.69, 9.17) is 52.3 Å². The summed E-state index contributed by atoms with van der Waals surface area (Å²) >= 11 is 0. The van der Waals surface area contributed by atoms with Gasteiger partial charge in [0.1, 0.15) is 36.5 Å². The van der Waals surface area contributed by atoms with Crippen molar-refractivity contribution in [2.45, 2.75) is 55.8 Å². The van der Waals surface area contributed by atoms with Crippen LogP contribution in [0.3, 0.4) is 0 Å². The van der Waals surface area contributed by atoms with Crippen molar-refractivity contribution in [2.24, 2.45) is 11.5 Å². The van der Waals surface area contributed by atoms with Crippen molar-refractivity contribution in [3.8, 4) is 0 Å². The van der Waals surface area contributed by atoms with Gasteiger partial charge in [-0.05, 0) is 19.3 Å². The first-order chi connectivity index (χ1) is 11.5. The number of carboxylic acids is 2. The highest BCUT2D eigenvalue weighted by Crippen LogP contribution is 2.04. The van der Waals surface area contributed by atoms with E-state index in [0.29, 0.717) is 6.42 Å². The van der Waals surface area contributed by atoms with Gasteiger partial charge in [-0.15, -0.1) is 0 Å². The van der Waals surface area contributed by atoms with E-state index in [9.17, 15) is 9.59 Å². The molecule has 12 nitrogen and oxygen atoms in total. The highest BCUT2D eigenvalue weighted by atomic mass is 16.4. The summed E-state index contributed by atoms with van der Waals surface area (Å²) in [4.78, 5) is 20.5. The Morgan fingerprint density at radius 1 is 0.720 bits per heavy atom. The lowest BCUT2D eigenvalue weighted by Gasteiger charge is -2.24. The monoisotopic (exact) mass is 372 g/mol. The molecule has 0 heterocycles. The normalized spacial score (nSPS) is 18.1. The Labute approximate surface area is 143 Å². The number of hydrogen-bond acceptors (Lipinski definition) is 10. The van der Waals surface area contributed by atoms with Crippen molar-refractivity contribution in [1.82, 2.24) is 0 Å². The second kappa shape index (κ2) is 13.9. The number of carbonyl (C=O) groups is 2. The highest BCUT2D eigenvalue weighted by Gasteiger charge is 2.29. The van der Waals surface area contributed by atoms with Crippen LogP contribution in [0.1, 0.15) is 19.3 Å². The van der Waals surface area contributed by atoms with Gasteiger partial charge in [-0.25, -0.2) is 0 Å². The maximum Gasteiger partial charge on any atom is 0.320 e. The summed E-state index contributed by atoms with van der Waals surface area (Å²) < 4.78 is 0. The molecule has 0 saturated carbocycles. The molecule has 0 aromatic rings. The lowest BCUT2D eigenvalue weighted by Crippen LogP contribution is -2.46. The Hall–Kier alpha value is -1.38. The Morgan fingerprint density at radius 3 is 1.20 bits per heavy atom. The molecule has 0 spiro atoms. The van der Waals surface area contributed by atoms with Crippen molar-refractivity contribution < 1.29 is 50.4 Å². The Bertz CT molecular complexity index is 350. The molecule has 0 aromatic heterocycles. The molecule has 0 aliphatic heterocycles. The van der Waals surface area contributed by atoms with Crippen LogP contribution in [0.25, 0.3) is 0 Å². The number of nitrogens with two attached hydrogens (primary N) is 2. The third-order valence-electron chi connectivity index (χ3n) is 3.18. The fraction of sp³-hybridized carbons (Fsp3) is 0.846. The van der Waals surface area contributed by atoms with Crippen LogP contribution in [-0.4, -0.2) is 103 Å². The van der Waals surface area contributed by atoms with Gasteiger partial charge in [-0.2, -0.15) is 0 Å². The van der Waals surface area contributed by atoms with E-state index in [-0.39, 0.29) is 12.8 Å². The minimum atomic E-state index is -1.67. The van der Waals surface area contributed by atoms with Gasteiger partial charge in [0.25, 0.3) is 0 Å². The second-order valence-corrected chi connectivity index (χ2v) is 5.30. The maximum atomic E-state index is 10.2. The van der Waals surface area contributed by atoms with Crippen LogP contribution in [0.2, 0.25) is 0 Å². The number of aliphatic hydroxyl groups excluding tert-OH is 6. The predicted molar refractivity (Wildman–Crippen MR) is 83.3 cm³/mol. The third-order valence-corrected chi connectivity index (χ3v) is 3.18. The van der Waals surface area contributed by atoms with Crippen molar-refractivity contribution in [3.63, 3.8) is 0 Å². The number of carboxylic acid groups (broad SMARTS) is 2. The molecule has 0 amide bonds. The van der Waals surface area contributed by atoms with Crippen LogP contribution in [0.15, 0.2) is 0 Å². The standard InChI is InChI=1S/C7H14N2O4.C6H14O6/c8-4(6(10)11)2-1-3-5(9)7(12)13;7-1-3(9)5(11)6(12)4(10)2-8/h4-5H,1-3,8-9H2,(H,10,11)(H,12,13);3-12H,1-2H2/t;3-,4-,5-,6-/m.1/s1. The average Bonchev–Trinajstić information content (AvgIpc) is 2.58. The van der Waals surface area contributed by atoms with Gasteiger partial charge in [0.2, 0.25) is 0 Å². The van der Waals surface area contributed by atoms with Crippen LogP contribution in [0.4, 0.5) is 0 Å². The Kier molecular flexibility index (Phi) is 14.3. The van der Waals surface area contributed by atoms with E-state index in [1.165, 1.54) is 0 Å². The van der Waals surface area contributed by atoms with E-state index in [1.807, 2.05) is 0 Å². The first-order valence-electron chi connectivity index (χ1n) is 7.40. The van der Waals surface area contributed by atoms with Crippen LogP contribution >= 0.6 is 0 Å². The second-order valence-electron chi connectivity index (χ2n) is 5.30. The molecule has 6 atom stereocenters. The number of aliphatic carboxylic acids is 2. The number of hydrogen-bond donors (Lipinski definition) is 10. The van der Waals surface area contributed by atoms with E-state index in [1.54, 1.807) is 0 Å². The summed E-state index contributed by atoms with van der Waals surface area (Å²) in [5.74, 6) is -2.16. The molecule has 0 aliphatic carbocycles. The molecule has 0 bridgehead atoms. The zero-order chi connectivity index (χ0) is 20.2. The van der Waals surface area contributed by atoms with Gasteiger partial charge in [-0.1, -0.05) is 0 Å². The fourth-order valence-corrected chi connectivity index (χ4v) is 1.48. The number of aliphatic hydroxyl groups is 6. The maximum absolute atomic E-state index is 10.2. The first-order valence-corrected chi connectivity index (χ1v) is 7.40. The van der Waals surface area contributed by atoms with Gasteiger partial charge in [-0.3, -0.25) is 9.59 Å². The molecular formula is C13H28N2O10. The Morgan fingerprint density at radius 2 is 1.00 bits per heavy atom. The molecule has 25 heavy (non-hydrogen) atoms. The lowest BCUT2D eigenvalue weighted by atomic mass is 10.0. The van der Waals surface area contributed by atoms with Crippen molar-refractivity contribution in [1.29, 1.82) is 0 Å². The van der Waals surface area contributed by atoms with Crippen LogP contribution < -0.4 is 11.5 Å². The van der Waals surface area contributed by atoms with Crippen LogP contribution in [0.5, 0.6) is 0 Å². The fourth-order valence-electron chi connectivity index (χ4n) is 1.48. The summed E-state index contributed by atoms with van der Waals surface area (Å²) in [7, 11) is 0. The van der Waals surface area contributed by atoms with E-state index < -0.39 is 61.7 Å². The van der Waals surface area contributed by atoms with Gasteiger partial charge in [0.15, 0.2) is 0 Å². The molecular weight excluding hydrogens is 344 g/mol. The van der Waals surface area contributed by atoms with Gasteiger partial charge >= 0.3 is 11.9 Å². The van der Waals surface area contributed by atoms with Crippen molar-refractivity contribution >= 4 is 11.9 Å². The van der Waals surface area contributed by atoms with E-state index >= 15 is 0 Å². The zero-order valence-corrected chi connectivity index (χ0v) is 13.5. The first kappa shape index (κ1) is 25.9. The average molecular weight is 372 g/mol. The molecule has 0 fully saturated rings. The summed E-state index contributed by atoms with van der Waals surface area (Å²) in [6.07, 6.45) is -5.50. The molecule has 2 unspecified atom stereocenters. The number of rotatable bonds is 11. The van der Waals surface area contributed by atoms with Gasteiger partial charge in [0, 0.05) is 0 Å². The molecule has 0 saturated heterocycles. The zero-order valence-electron chi connectivity index (χ0n) is 13.5. The molecule has 0 aliphatic rings. The quantitative estimate of drug-likeness (QED) is 0.164. The van der Waals surface area contributed by atoms with Crippen molar-refractivity contribution in [3.05, 3.63) is 0 Å². The molecule has 0 rings (SSSR count). The largest absolute Gasteiger partial charge is 0.480 e. The molecule has 12 N–H and O–H groups in total. The SMILES string of the molecule is NC(CCCC(N)C(=O)O)C(=O)O.OC[C@@H](O)[C@@H](O)[C@H](O)[C@H](O)CO. The smallest absolute Gasteiger partial charge is 0.320 e. The van der Waals surface area contributed by atoms with Crippen LogP contribution in [0, 0.1) is 0 Å². The molecule has 12 heteroatoms. The minimum absolute atomic E-state index is 0.246. The third kappa shape index (κ3) is 11.7. The van der Waals surface area contributed by atoms with Crippen LogP contribution in [-0.2, 0) is 9.59 Å². The van der Waals surface area contributed by atoms with E-state index in [0.717, 1.165) is 0 Å². The summed E-state index contributed by atoms with van der Waals surface area (Å²) in [6, 6.07) is -1.86. The Balaban J connectivity index is 0.